The van der Waals surface area contributed by atoms with Crippen LogP contribution < -0.4 is 0 Å². The number of rotatable bonds is 1. The molecule has 48 heavy (non-hydrogen) atoms. The van der Waals surface area contributed by atoms with Crippen molar-refractivity contribution in [2.75, 3.05) is 0 Å². The molecule has 0 fully saturated rings. The lowest BCUT2D eigenvalue weighted by atomic mass is 9.87. The summed E-state index contributed by atoms with van der Waals surface area (Å²) in [6.45, 7) is 0. The van der Waals surface area contributed by atoms with Gasteiger partial charge in [-0.25, -0.2) is 9.97 Å². The molecule has 4 heterocycles. The van der Waals surface area contributed by atoms with Gasteiger partial charge in [-0.05, 0) is 29.7 Å². The van der Waals surface area contributed by atoms with Crippen LogP contribution in [0.15, 0.2) is 133 Å². The fraction of sp³-hybridized carbons (Fsp3) is 0. The first-order valence-corrected chi connectivity index (χ1v) is 16.2. The highest BCUT2D eigenvalue weighted by Gasteiger charge is 2.29. The highest BCUT2D eigenvalue weighted by Crippen LogP contribution is 2.48. The molecular formula is C43H22N4O. The maximum atomic E-state index is 13.6. The number of fused-ring (bicyclic) bond motifs is 14. The van der Waals surface area contributed by atoms with Crippen molar-refractivity contribution >= 4 is 87.4 Å². The number of para-hydroxylation sites is 2. The Balaban J connectivity index is 1.36. The zero-order valence-corrected chi connectivity index (χ0v) is 25.4. The fourth-order valence-electron chi connectivity index (χ4n) is 8.67. The summed E-state index contributed by atoms with van der Waals surface area (Å²) < 4.78 is 4.71. The van der Waals surface area contributed by atoms with Gasteiger partial charge in [0.15, 0.2) is 5.78 Å². The average Bonchev–Trinajstić information content (AvgIpc) is 3.78. The van der Waals surface area contributed by atoms with E-state index in [-0.39, 0.29) is 5.78 Å². The van der Waals surface area contributed by atoms with Crippen LogP contribution in [-0.4, -0.2) is 24.7 Å². The molecule has 0 saturated carbocycles. The summed E-state index contributed by atoms with van der Waals surface area (Å²) in [4.78, 5) is 24.3. The lowest BCUT2D eigenvalue weighted by Crippen LogP contribution is -2.13. The summed E-state index contributed by atoms with van der Waals surface area (Å²) in [5.74, 6) is 0.611. The molecule has 1 aliphatic rings. The van der Waals surface area contributed by atoms with Gasteiger partial charge in [-0.2, -0.15) is 0 Å². The molecule has 220 valence electrons. The van der Waals surface area contributed by atoms with Crippen LogP contribution in [-0.2, 0) is 0 Å². The molecule has 1 aliphatic carbocycles. The summed E-state index contributed by atoms with van der Waals surface area (Å²) in [6, 6.07) is 46.5. The quantitative estimate of drug-likeness (QED) is 0.186. The minimum Gasteiger partial charge on any atom is -0.308 e. The van der Waals surface area contributed by atoms with Crippen molar-refractivity contribution in [3.63, 3.8) is 0 Å². The van der Waals surface area contributed by atoms with Crippen molar-refractivity contribution in [3.8, 4) is 17.2 Å². The Morgan fingerprint density at radius 1 is 0.458 bits per heavy atom. The van der Waals surface area contributed by atoms with E-state index >= 15 is 0 Å². The molecule has 5 nitrogen and oxygen atoms in total. The normalized spacial score (nSPS) is 13.0. The Bertz CT molecular complexity index is 3250. The second-order valence-electron chi connectivity index (χ2n) is 12.9. The van der Waals surface area contributed by atoms with Crippen molar-refractivity contribution in [3.05, 3.63) is 145 Å². The molecule has 5 heteroatoms. The van der Waals surface area contributed by atoms with Gasteiger partial charge < -0.3 is 4.40 Å². The third-order valence-electron chi connectivity index (χ3n) is 10.6. The molecule has 12 rings (SSSR count). The third-order valence-corrected chi connectivity index (χ3v) is 10.6. The second kappa shape index (κ2) is 8.41. The number of benzene rings is 7. The molecule has 0 atom stereocenters. The molecule has 0 bridgehead atoms. The fourth-order valence-corrected chi connectivity index (χ4v) is 8.67. The first-order chi connectivity index (χ1) is 23.8. The van der Waals surface area contributed by atoms with E-state index in [1.807, 2.05) is 42.5 Å². The van der Waals surface area contributed by atoms with E-state index < -0.39 is 0 Å². The van der Waals surface area contributed by atoms with Gasteiger partial charge in [0.05, 0.1) is 38.8 Å². The number of hydrogen-bond acceptors (Lipinski definition) is 3. The minimum atomic E-state index is 0.0170. The lowest BCUT2D eigenvalue weighted by Gasteiger charge is -2.20. The van der Waals surface area contributed by atoms with E-state index in [0.29, 0.717) is 17.1 Å². The SMILES string of the molecule is O=C1c2ccccc2-c2nc(-n3c4cc5c6ccccc6n6c7ccccc7c(c4c4ccc7ccccc7c43)c56)nc3cccc1c23. The van der Waals surface area contributed by atoms with Gasteiger partial charge in [0.1, 0.15) is 0 Å². The van der Waals surface area contributed by atoms with Crippen molar-refractivity contribution in [2.45, 2.75) is 0 Å². The van der Waals surface area contributed by atoms with Crippen LogP contribution in [0.3, 0.4) is 0 Å². The van der Waals surface area contributed by atoms with Crippen molar-refractivity contribution in [2.24, 2.45) is 0 Å². The van der Waals surface area contributed by atoms with Gasteiger partial charge in [0, 0.05) is 59.8 Å². The molecule has 0 saturated heterocycles. The van der Waals surface area contributed by atoms with Crippen LogP contribution in [0.4, 0.5) is 0 Å². The topological polar surface area (TPSA) is 52.2 Å². The van der Waals surface area contributed by atoms with Crippen molar-refractivity contribution in [1.29, 1.82) is 0 Å². The van der Waals surface area contributed by atoms with Gasteiger partial charge in [-0.15, -0.1) is 0 Å². The van der Waals surface area contributed by atoms with Gasteiger partial charge in [-0.1, -0.05) is 109 Å². The van der Waals surface area contributed by atoms with E-state index in [4.69, 9.17) is 9.97 Å². The zero-order chi connectivity index (χ0) is 31.2. The first-order valence-electron chi connectivity index (χ1n) is 16.2. The monoisotopic (exact) mass is 610 g/mol. The Morgan fingerprint density at radius 2 is 1.17 bits per heavy atom. The highest BCUT2D eigenvalue weighted by molar-refractivity contribution is 6.37. The maximum Gasteiger partial charge on any atom is 0.235 e. The van der Waals surface area contributed by atoms with Crippen LogP contribution >= 0.6 is 0 Å². The number of hydrogen-bond donors (Lipinski definition) is 0. The smallest absolute Gasteiger partial charge is 0.235 e. The number of carbonyl (C=O) groups excluding carboxylic acids is 1. The van der Waals surface area contributed by atoms with E-state index in [1.165, 1.54) is 43.5 Å². The second-order valence-corrected chi connectivity index (χ2v) is 12.9. The molecule has 0 spiro atoms. The molecule has 0 N–H and O–H groups in total. The molecule has 0 radical (unpaired) electrons. The molecule has 0 unspecified atom stereocenters. The molecule has 4 aromatic heterocycles. The Labute approximate surface area is 272 Å². The van der Waals surface area contributed by atoms with Crippen LogP contribution in [0.1, 0.15) is 15.9 Å². The Morgan fingerprint density at radius 3 is 2.04 bits per heavy atom. The molecular weight excluding hydrogens is 589 g/mol. The Hall–Kier alpha value is -6.59. The van der Waals surface area contributed by atoms with Crippen LogP contribution in [0, 0.1) is 0 Å². The third kappa shape index (κ3) is 2.79. The zero-order valence-electron chi connectivity index (χ0n) is 25.4. The Kier molecular flexibility index (Phi) is 4.31. The number of ketones is 1. The summed E-state index contributed by atoms with van der Waals surface area (Å²) in [5.41, 5.74) is 9.51. The van der Waals surface area contributed by atoms with Crippen molar-refractivity contribution < 1.29 is 4.79 Å². The van der Waals surface area contributed by atoms with Crippen LogP contribution in [0.5, 0.6) is 0 Å². The largest absolute Gasteiger partial charge is 0.308 e. The van der Waals surface area contributed by atoms with E-state index in [9.17, 15) is 4.79 Å². The molecule has 0 amide bonds. The van der Waals surface area contributed by atoms with E-state index in [1.54, 1.807) is 0 Å². The van der Waals surface area contributed by atoms with E-state index in [0.717, 1.165) is 49.4 Å². The summed E-state index contributed by atoms with van der Waals surface area (Å²) in [7, 11) is 0. The summed E-state index contributed by atoms with van der Waals surface area (Å²) in [6.07, 6.45) is 0. The summed E-state index contributed by atoms with van der Waals surface area (Å²) >= 11 is 0. The van der Waals surface area contributed by atoms with Gasteiger partial charge >= 0.3 is 0 Å². The minimum absolute atomic E-state index is 0.0170. The van der Waals surface area contributed by atoms with Gasteiger partial charge in [-0.3, -0.25) is 9.36 Å². The predicted octanol–water partition coefficient (Wildman–Crippen LogP) is 10.2. The van der Waals surface area contributed by atoms with Crippen LogP contribution in [0.25, 0.3) is 98.8 Å². The van der Waals surface area contributed by atoms with Crippen LogP contribution in [0.2, 0.25) is 0 Å². The van der Waals surface area contributed by atoms with E-state index in [2.05, 4.69) is 100.0 Å². The predicted molar refractivity (Wildman–Crippen MR) is 195 cm³/mol. The lowest BCUT2D eigenvalue weighted by molar-refractivity contribution is 0.104. The highest BCUT2D eigenvalue weighted by atomic mass is 16.1. The number of nitrogens with zero attached hydrogens (tertiary/aromatic N) is 4. The first kappa shape index (κ1) is 24.6. The molecule has 7 aromatic carbocycles. The van der Waals surface area contributed by atoms with Gasteiger partial charge in [0.2, 0.25) is 5.95 Å². The van der Waals surface area contributed by atoms with Gasteiger partial charge in [0.25, 0.3) is 0 Å². The molecule has 0 aliphatic heterocycles. The number of aromatic nitrogens is 4. The maximum absolute atomic E-state index is 13.6. The van der Waals surface area contributed by atoms with Crippen molar-refractivity contribution in [1.82, 2.24) is 18.9 Å². The average molecular weight is 611 g/mol. The summed E-state index contributed by atoms with van der Waals surface area (Å²) in [5, 5.41) is 10.4. The number of carbonyl (C=O) groups is 1. The molecule has 11 aromatic rings. The standard InChI is InChI=1S/C43H22N4O/c48-42-27-14-4-3-13-26(27)39-36-30(42)16-9-17-32(36)44-43(45-39)47-35-22-31-25-12-5-7-18-33(25)46-34-19-8-6-15-28(34)38(41(31)46)37(35)29-21-20-23-10-1-2-11-24(23)40(29)47/h1-22H.